The van der Waals surface area contributed by atoms with Crippen molar-refractivity contribution in [2.24, 2.45) is 0 Å². The zero-order valence-electron chi connectivity index (χ0n) is 15.7. The summed E-state index contributed by atoms with van der Waals surface area (Å²) in [6.45, 7) is 0.0429. The molecule has 0 aliphatic heterocycles. The van der Waals surface area contributed by atoms with Gasteiger partial charge in [-0.2, -0.15) is 0 Å². The second-order valence-electron chi connectivity index (χ2n) is 6.26. The largest absolute Gasteiger partial charge is 0.480 e. The van der Waals surface area contributed by atoms with Crippen molar-refractivity contribution in [3.05, 3.63) is 71.8 Å². The Kier molecular flexibility index (Phi) is 8.27. The lowest BCUT2D eigenvalue weighted by Gasteiger charge is -2.20. The first-order chi connectivity index (χ1) is 14.0. The van der Waals surface area contributed by atoms with Crippen LogP contribution in [0.1, 0.15) is 17.5 Å². The Hall–Kier alpha value is -3.79. The second-order valence-corrected chi connectivity index (χ2v) is 6.26. The van der Waals surface area contributed by atoms with Gasteiger partial charge in [-0.05, 0) is 11.1 Å². The molecule has 7 nitrogen and oxygen atoms in total. The fraction of sp³-hybridized carbons (Fsp3) is 0.227. The van der Waals surface area contributed by atoms with Crippen LogP contribution < -0.4 is 10.6 Å². The van der Waals surface area contributed by atoms with E-state index in [4.69, 9.17) is 11.2 Å². The van der Waals surface area contributed by atoms with Crippen LogP contribution >= 0.6 is 0 Å². The van der Waals surface area contributed by atoms with Crippen LogP contribution in [0.5, 0.6) is 0 Å². The van der Waals surface area contributed by atoms with Crippen LogP contribution in [0.4, 0.5) is 4.79 Å². The zero-order chi connectivity index (χ0) is 21.1. The van der Waals surface area contributed by atoms with Crippen LogP contribution in [-0.2, 0) is 27.4 Å². The number of hydrogen-bond acceptors (Lipinski definition) is 4. The van der Waals surface area contributed by atoms with Gasteiger partial charge in [0.2, 0.25) is 5.91 Å². The van der Waals surface area contributed by atoms with Crippen LogP contribution in [0, 0.1) is 12.3 Å². The van der Waals surface area contributed by atoms with E-state index in [1.54, 1.807) is 36.4 Å². The maximum absolute atomic E-state index is 12.6. The quantitative estimate of drug-likeness (QED) is 0.565. The van der Waals surface area contributed by atoms with Gasteiger partial charge in [-0.15, -0.1) is 12.3 Å². The molecule has 0 aliphatic rings. The van der Waals surface area contributed by atoms with E-state index in [9.17, 15) is 19.5 Å². The number of terminal acetylenes is 1. The van der Waals surface area contributed by atoms with Crippen molar-refractivity contribution in [1.29, 1.82) is 0 Å². The predicted octanol–water partition coefficient (Wildman–Crippen LogP) is 2.12. The average molecular weight is 394 g/mol. The third-order valence-electron chi connectivity index (χ3n) is 4.04. The molecule has 0 heterocycles. The number of hydrogen-bond donors (Lipinski definition) is 3. The van der Waals surface area contributed by atoms with Crippen molar-refractivity contribution in [3.63, 3.8) is 0 Å². The van der Waals surface area contributed by atoms with Crippen LogP contribution in [0.25, 0.3) is 0 Å². The van der Waals surface area contributed by atoms with Crippen LogP contribution in [0.15, 0.2) is 60.7 Å². The lowest BCUT2D eigenvalue weighted by molar-refractivity contribution is -0.141. The Labute approximate surface area is 169 Å². The highest BCUT2D eigenvalue weighted by Gasteiger charge is 2.26. The Morgan fingerprint density at radius 2 is 1.52 bits per heavy atom. The fourth-order valence-electron chi connectivity index (χ4n) is 2.56. The summed E-state index contributed by atoms with van der Waals surface area (Å²) in [6.07, 6.45) is 4.37. The van der Waals surface area contributed by atoms with Gasteiger partial charge < -0.3 is 20.5 Å². The van der Waals surface area contributed by atoms with E-state index >= 15 is 0 Å². The van der Waals surface area contributed by atoms with Crippen molar-refractivity contribution in [2.75, 3.05) is 0 Å². The number of nitrogens with one attached hydrogen (secondary N) is 2. The van der Waals surface area contributed by atoms with Gasteiger partial charge in [-0.1, -0.05) is 60.7 Å². The number of ether oxygens (including phenoxy) is 1. The van der Waals surface area contributed by atoms with Gasteiger partial charge in [0.05, 0.1) is 0 Å². The SMILES string of the molecule is C#CC[C@@H](NC(=O)[C@H](Cc1ccccc1)NC(=O)OCc1ccccc1)C(=O)O. The number of carbonyl (C=O) groups excluding carboxylic acids is 2. The summed E-state index contributed by atoms with van der Waals surface area (Å²) in [5, 5.41) is 14.1. The second kappa shape index (κ2) is 11.1. The predicted molar refractivity (Wildman–Crippen MR) is 107 cm³/mol. The lowest BCUT2D eigenvalue weighted by atomic mass is 10.0. The van der Waals surface area contributed by atoms with E-state index in [1.807, 2.05) is 24.3 Å². The minimum absolute atomic E-state index is 0.0429. The van der Waals surface area contributed by atoms with E-state index in [1.165, 1.54) is 0 Å². The van der Waals surface area contributed by atoms with Crippen molar-refractivity contribution in [3.8, 4) is 12.3 Å². The number of benzene rings is 2. The molecule has 0 saturated carbocycles. The number of aliphatic carboxylic acids is 1. The Morgan fingerprint density at radius 1 is 0.931 bits per heavy atom. The molecule has 2 aromatic carbocycles. The van der Waals surface area contributed by atoms with Crippen LogP contribution in [0.2, 0.25) is 0 Å². The van der Waals surface area contributed by atoms with Gasteiger partial charge in [0.15, 0.2) is 0 Å². The number of amides is 2. The maximum atomic E-state index is 12.6. The molecule has 2 aromatic rings. The molecule has 3 N–H and O–H groups in total. The summed E-state index contributed by atoms with van der Waals surface area (Å²) < 4.78 is 5.17. The van der Waals surface area contributed by atoms with Crippen LogP contribution in [-0.4, -0.2) is 35.2 Å². The number of carbonyl (C=O) groups is 3. The highest BCUT2D eigenvalue weighted by molar-refractivity contribution is 5.89. The molecule has 150 valence electrons. The molecule has 29 heavy (non-hydrogen) atoms. The Balaban J connectivity index is 2.05. The molecule has 0 unspecified atom stereocenters. The summed E-state index contributed by atoms with van der Waals surface area (Å²) in [4.78, 5) is 36.1. The Morgan fingerprint density at radius 3 is 2.07 bits per heavy atom. The van der Waals surface area contributed by atoms with Gasteiger partial charge in [0.1, 0.15) is 18.7 Å². The summed E-state index contributed by atoms with van der Waals surface area (Å²) in [5.74, 6) is 0.307. The molecule has 0 saturated heterocycles. The van der Waals surface area contributed by atoms with Gasteiger partial charge in [0.25, 0.3) is 0 Å². The topological polar surface area (TPSA) is 105 Å². The summed E-state index contributed by atoms with van der Waals surface area (Å²) in [6, 6.07) is 15.9. The number of carboxylic acid groups (broad SMARTS) is 1. The first-order valence-corrected chi connectivity index (χ1v) is 8.97. The average Bonchev–Trinajstić information content (AvgIpc) is 2.73. The maximum Gasteiger partial charge on any atom is 0.408 e. The van der Waals surface area contributed by atoms with Gasteiger partial charge in [0, 0.05) is 12.8 Å². The molecular formula is C22H22N2O5. The van der Waals surface area contributed by atoms with Crippen LogP contribution in [0.3, 0.4) is 0 Å². The normalized spacial score (nSPS) is 12.1. The molecule has 0 aromatic heterocycles. The zero-order valence-corrected chi connectivity index (χ0v) is 15.7. The van der Waals surface area contributed by atoms with E-state index in [-0.39, 0.29) is 19.4 Å². The first kappa shape index (κ1) is 21.5. The first-order valence-electron chi connectivity index (χ1n) is 8.97. The van der Waals surface area contributed by atoms with Gasteiger partial charge >= 0.3 is 12.1 Å². The highest BCUT2D eigenvalue weighted by atomic mass is 16.5. The molecule has 0 radical (unpaired) electrons. The number of rotatable bonds is 9. The summed E-state index contributed by atoms with van der Waals surface area (Å²) in [5.41, 5.74) is 1.59. The van der Waals surface area contributed by atoms with Gasteiger partial charge in [-0.3, -0.25) is 4.79 Å². The van der Waals surface area contributed by atoms with Crippen molar-refractivity contribution in [2.45, 2.75) is 31.5 Å². The molecule has 2 amide bonds. The lowest BCUT2D eigenvalue weighted by Crippen LogP contribution is -2.52. The standard InChI is InChI=1S/C22H22N2O5/c1-2-9-18(21(26)27)23-20(25)19(14-16-10-5-3-6-11-16)24-22(28)29-15-17-12-7-4-8-13-17/h1,3-8,10-13,18-19H,9,14-15H2,(H,23,25)(H,24,28)(H,26,27)/t18-,19+/m1/s1. The highest BCUT2D eigenvalue weighted by Crippen LogP contribution is 2.06. The number of carboxylic acids is 1. The molecule has 7 heteroatoms. The molecule has 0 aliphatic carbocycles. The molecule has 0 spiro atoms. The third kappa shape index (κ3) is 7.39. The smallest absolute Gasteiger partial charge is 0.408 e. The fourth-order valence-corrected chi connectivity index (χ4v) is 2.56. The minimum Gasteiger partial charge on any atom is -0.480 e. The van der Waals surface area contributed by atoms with E-state index in [2.05, 4.69) is 16.6 Å². The minimum atomic E-state index is -1.25. The van der Waals surface area contributed by atoms with E-state index < -0.39 is 30.1 Å². The third-order valence-corrected chi connectivity index (χ3v) is 4.04. The molecule has 0 bridgehead atoms. The summed E-state index contributed by atoms with van der Waals surface area (Å²) >= 11 is 0. The molecular weight excluding hydrogens is 372 g/mol. The van der Waals surface area contributed by atoms with E-state index in [0.29, 0.717) is 0 Å². The summed E-state index contributed by atoms with van der Waals surface area (Å²) in [7, 11) is 0. The van der Waals surface area contributed by atoms with Crippen molar-refractivity contribution >= 4 is 18.0 Å². The molecule has 2 atom stereocenters. The van der Waals surface area contributed by atoms with Crippen molar-refractivity contribution < 1.29 is 24.2 Å². The molecule has 2 rings (SSSR count). The Bertz CT molecular complexity index is 862. The molecule has 0 fully saturated rings. The number of alkyl carbamates (subject to hydrolysis) is 1. The van der Waals surface area contributed by atoms with E-state index in [0.717, 1.165) is 11.1 Å². The monoisotopic (exact) mass is 394 g/mol. The van der Waals surface area contributed by atoms with Crippen molar-refractivity contribution in [1.82, 2.24) is 10.6 Å². The van der Waals surface area contributed by atoms with Gasteiger partial charge in [-0.25, -0.2) is 9.59 Å².